The molecule has 3 aromatic rings. The molecule has 9 heteroatoms. The minimum absolute atomic E-state index is 0.246. The van der Waals surface area contributed by atoms with Crippen molar-refractivity contribution >= 4 is 17.0 Å². The first kappa shape index (κ1) is 13.2. The van der Waals surface area contributed by atoms with Crippen molar-refractivity contribution in [3.8, 4) is 17.1 Å². The monoisotopic (exact) mass is 295 g/mol. The molecule has 0 unspecified atom stereocenters. The highest BCUT2D eigenvalue weighted by atomic mass is 19.4. The smallest absolute Gasteiger partial charge is 0.406 e. The zero-order valence-electron chi connectivity index (χ0n) is 10.3. The molecule has 0 saturated heterocycles. The number of alkyl halides is 3. The van der Waals surface area contributed by atoms with Crippen LogP contribution in [0.3, 0.4) is 0 Å². The van der Waals surface area contributed by atoms with E-state index in [1.165, 1.54) is 30.6 Å². The Balaban J connectivity index is 1.94. The van der Waals surface area contributed by atoms with Gasteiger partial charge >= 0.3 is 6.36 Å². The summed E-state index contributed by atoms with van der Waals surface area (Å²) in [6, 6.07) is 5.29. The number of hydrogen-bond acceptors (Lipinski definition) is 5. The van der Waals surface area contributed by atoms with E-state index in [0.29, 0.717) is 22.6 Å². The van der Waals surface area contributed by atoms with Gasteiger partial charge in [0.05, 0.1) is 0 Å². The molecule has 3 rings (SSSR count). The molecular weight excluding hydrogens is 287 g/mol. The molecule has 0 fully saturated rings. The van der Waals surface area contributed by atoms with Crippen LogP contribution in [0.4, 0.5) is 19.0 Å². The van der Waals surface area contributed by atoms with Gasteiger partial charge in [-0.2, -0.15) is 0 Å². The van der Waals surface area contributed by atoms with Crippen molar-refractivity contribution in [2.45, 2.75) is 6.36 Å². The SMILES string of the molecule is Nc1ncnc2nc(-c3ccc(OC(F)(F)F)cc3)[nH]c12. The van der Waals surface area contributed by atoms with Crippen LogP contribution in [0.1, 0.15) is 0 Å². The predicted molar refractivity (Wildman–Crippen MR) is 68.2 cm³/mol. The number of hydrogen-bond donors (Lipinski definition) is 2. The molecule has 0 radical (unpaired) electrons. The second-order valence-electron chi connectivity index (χ2n) is 4.12. The number of aromatic nitrogens is 4. The number of fused-ring (bicyclic) bond motifs is 1. The van der Waals surface area contributed by atoms with E-state index in [-0.39, 0.29) is 11.6 Å². The second-order valence-corrected chi connectivity index (χ2v) is 4.12. The van der Waals surface area contributed by atoms with E-state index in [9.17, 15) is 13.2 Å². The number of rotatable bonds is 2. The highest BCUT2D eigenvalue weighted by molar-refractivity contribution is 5.84. The molecule has 0 aliphatic heterocycles. The lowest BCUT2D eigenvalue weighted by molar-refractivity contribution is -0.274. The van der Waals surface area contributed by atoms with Crippen molar-refractivity contribution in [3.63, 3.8) is 0 Å². The van der Waals surface area contributed by atoms with Crippen molar-refractivity contribution in [3.05, 3.63) is 30.6 Å². The summed E-state index contributed by atoms with van der Waals surface area (Å²) in [4.78, 5) is 14.9. The van der Waals surface area contributed by atoms with Crippen LogP contribution >= 0.6 is 0 Å². The molecule has 21 heavy (non-hydrogen) atoms. The molecule has 0 bridgehead atoms. The first-order valence-electron chi connectivity index (χ1n) is 5.75. The molecule has 2 heterocycles. The largest absolute Gasteiger partial charge is 0.573 e. The molecule has 3 N–H and O–H groups in total. The van der Waals surface area contributed by atoms with Gasteiger partial charge in [-0.3, -0.25) is 0 Å². The first-order valence-corrected chi connectivity index (χ1v) is 5.75. The van der Waals surface area contributed by atoms with Crippen LogP contribution in [0, 0.1) is 0 Å². The fourth-order valence-electron chi connectivity index (χ4n) is 1.80. The number of nitrogens with zero attached hydrogens (tertiary/aromatic N) is 3. The summed E-state index contributed by atoms with van der Waals surface area (Å²) in [5.41, 5.74) is 7.10. The average molecular weight is 295 g/mol. The molecule has 108 valence electrons. The summed E-state index contributed by atoms with van der Waals surface area (Å²) in [6.45, 7) is 0. The Morgan fingerprint density at radius 3 is 2.43 bits per heavy atom. The van der Waals surface area contributed by atoms with E-state index in [1.54, 1.807) is 0 Å². The van der Waals surface area contributed by atoms with Gasteiger partial charge in [0.15, 0.2) is 11.5 Å². The number of ether oxygens (including phenoxy) is 1. The number of aromatic amines is 1. The highest BCUT2D eigenvalue weighted by Gasteiger charge is 2.31. The quantitative estimate of drug-likeness (QED) is 0.758. The number of benzene rings is 1. The number of nitrogen functional groups attached to an aromatic ring is 1. The predicted octanol–water partition coefficient (Wildman–Crippen LogP) is 2.50. The van der Waals surface area contributed by atoms with Gasteiger partial charge in [0, 0.05) is 5.56 Å². The zero-order valence-corrected chi connectivity index (χ0v) is 10.3. The minimum atomic E-state index is -4.72. The van der Waals surface area contributed by atoms with Gasteiger partial charge in [0.25, 0.3) is 0 Å². The Morgan fingerprint density at radius 2 is 1.81 bits per heavy atom. The Labute approximate surface area is 115 Å². The molecule has 0 amide bonds. The molecule has 0 aliphatic carbocycles. The molecule has 6 nitrogen and oxygen atoms in total. The van der Waals surface area contributed by atoms with Crippen LogP contribution in [0.15, 0.2) is 30.6 Å². The normalized spacial score (nSPS) is 11.8. The maximum absolute atomic E-state index is 12.1. The van der Waals surface area contributed by atoms with Crippen LogP contribution in [0.25, 0.3) is 22.6 Å². The summed E-state index contributed by atoms with van der Waals surface area (Å²) >= 11 is 0. The van der Waals surface area contributed by atoms with Crippen molar-refractivity contribution in [1.29, 1.82) is 0 Å². The Hall–Kier alpha value is -2.84. The summed E-state index contributed by atoms with van der Waals surface area (Å²) < 4.78 is 40.0. The van der Waals surface area contributed by atoms with E-state index in [1.807, 2.05) is 0 Å². The number of imidazole rings is 1. The van der Waals surface area contributed by atoms with E-state index in [0.717, 1.165) is 0 Å². The third-order valence-corrected chi connectivity index (χ3v) is 2.68. The molecule has 0 saturated carbocycles. The van der Waals surface area contributed by atoms with Crippen molar-refractivity contribution in [2.75, 3.05) is 5.73 Å². The van der Waals surface area contributed by atoms with E-state index < -0.39 is 6.36 Å². The van der Waals surface area contributed by atoms with E-state index in [2.05, 4.69) is 24.7 Å². The van der Waals surface area contributed by atoms with Crippen LogP contribution in [0.5, 0.6) is 5.75 Å². The van der Waals surface area contributed by atoms with Gasteiger partial charge < -0.3 is 15.5 Å². The Morgan fingerprint density at radius 1 is 1.10 bits per heavy atom. The summed E-state index contributed by atoms with van der Waals surface area (Å²) in [6.07, 6.45) is -3.44. The summed E-state index contributed by atoms with van der Waals surface area (Å²) in [5.74, 6) is 0.369. The van der Waals surface area contributed by atoms with Gasteiger partial charge in [0.2, 0.25) is 0 Å². The number of anilines is 1. The van der Waals surface area contributed by atoms with Crippen LogP contribution in [-0.4, -0.2) is 26.3 Å². The van der Waals surface area contributed by atoms with E-state index >= 15 is 0 Å². The Kier molecular flexibility index (Phi) is 2.89. The maximum Gasteiger partial charge on any atom is 0.573 e. The minimum Gasteiger partial charge on any atom is -0.406 e. The molecule has 1 aromatic carbocycles. The molecule has 2 aromatic heterocycles. The molecule has 0 spiro atoms. The van der Waals surface area contributed by atoms with Crippen molar-refractivity contribution in [1.82, 2.24) is 19.9 Å². The fraction of sp³-hybridized carbons (Fsp3) is 0.0833. The van der Waals surface area contributed by atoms with Crippen LogP contribution < -0.4 is 10.5 Å². The maximum atomic E-state index is 12.1. The third-order valence-electron chi connectivity index (χ3n) is 2.68. The van der Waals surface area contributed by atoms with Crippen LogP contribution in [0.2, 0.25) is 0 Å². The molecule has 0 aliphatic rings. The third kappa shape index (κ3) is 2.71. The summed E-state index contributed by atoms with van der Waals surface area (Å²) in [7, 11) is 0. The lowest BCUT2D eigenvalue weighted by Gasteiger charge is -2.08. The Bertz CT molecular complexity index is 782. The van der Waals surface area contributed by atoms with Gasteiger partial charge in [-0.25, -0.2) is 15.0 Å². The zero-order chi connectivity index (χ0) is 15.0. The number of halogens is 3. The average Bonchev–Trinajstić information content (AvgIpc) is 2.83. The molecular formula is C12H8F3N5O. The topological polar surface area (TPSA) is 89.7 Å². The number of nitrogens with two attached hydrogens (primary N) is 1. The lowest BCUT2D eigenvalue weighted by atomic mass is 10.2. The summed E-state index contributed by atoms with van der Waals surface area (Å²) in [5, 5.41) is 0. The van der Waals surface area contributed by atoms with Crippen molar-refractivity contribution in [2.24, 2.45) is 0 Å². The van der Waals surface area contributed by atoms with Gasteiger partial charge in [-0.15, -0.1) is 13.2 Å². The standard InChI is InChI=1S/C12H8F3N5O/c13-12(14,15)21-7-3-1-6(2-4-7)10-19-8-9(16)17-5-18-11(8)20-10/h1-5H,(H3,16,17,18,19,20). The lowest BCUT2D eigenvalue weighted by Crippen LogP contribution is -2.16. The first-order chi connectivity index (χ1) is 9.92. The van der Waals surface area contributed by atoms with Crippen molar-refractivity contribution < 1.29 is 17.9 Å². The van der Waals surface area contributed by atoms with Crippen LogP contribution in [-0.2, 0) is 0 Å². The fourth-order valence-corrected chi connectivity index (χ4v) is 1.80. The van der Waals surface area contributed by atoms with Gasteiger partial charge in [-0.05, 0) is 24.3 Å². The van der Waals surface area contributed by atoms with E-state index in [4.69, 9.17) is 5.73 Å². The second kappa shape index (κ2) is 4.62. The number of H-pyrrole nitrogens is 1. The number of nitrogens with one attached hydrogen (secondary N) is 1. The molecule has 0 atom stereocenters. The highest BCUT2D eigenvalue weighted by Crippen LogP contribution is 2.26. The van der Waals surface area contributed by atoms with Gasteiger partial charge in [0.1, 0.15) is 23.4 Å². The van der Waals surface area contributed by atoms with Gasteiger partial charge in [-0.1, -0.05) is 0 Å².